The maximum atomic E-state index is 6.09. The van der Waals surface area contributed by atoms with E-state index in [9.17, 15) is 0 Å². The molecule has 2 nitrogen and oxygen atoms in total. The first-order valence-electron chi connectivity index (χ1n) is 6.22. The average Bonchev–Trinajstić information content (AvgIpc) is 2.19. The van der Waals surface area contributed by atoms with E-state index in [1.807, 2.05) is 6.92 Å². The largest absolute Gasteiger partial charge is 0.328 e. The van der Waals surface area contributed by atoms with E-state index in [1.165, 1.54) is 32.1 Å². The normalized spacial score (nSPS) is 35.7. The molecule has 2 heteroatoms. The van der Waals surface area contributed by atoms with E-state index in [4.69, 9.17) is 5.73 Å². The molecule has 0 saturated carbocycles. The molecule has 0 aliphatic carbocycles. The number of hydrogen-bond acceptors (Lipinski definition) is 2. The van der Waals surface area contributed by atoms with Crippen molar-refractivity contribution in [3.8, 4) is 11.8 Å². The second kappa shape index (κ2) is 5.01. The minimum absolute atomic E-state index is 0.453. The highest BCUT2D eigenvalue weighted by molar-refractivity contribution is 4.99. The van der Waals surface area contributed by atoms with Gasteiger partial charge < -0.3 is 5.73 Å². The summed E-state index contributed by atoms with van der Waals surface area (Å²) in [5.41, 5.74) is 6.09. The maximum absolute atomic E-state index is 6.09. The smallest absolute Gasteiger partial charge is 0.0217 e. The molecular weight excluding hydrogens is 184 g/mol. The third kappa shape index (κ3) is 2.53. The van der Waals surface area contributed by atoms with E-state index in [0.29, 0.717) is 6.04 Å². The lowest BCUT2D eigenvalue weighted by Crippen LogP contribution is -2.55. The van der Waals surface area contributed by atoms with Gasteiger partial charge in [0, 0.05) is 31.1 Å². The Morgan fingerprint density at radius 3 is 2.53 bits per heavy atom. The molecule has 0 spiro atoms. The number of nitrogens with zero attached hydrogens (tertiary/aromatic N) is 1. The Bertz CT molecular complexity index is 249. The van der Waals surface area contributed by atoms with Crippen LogP contribution in [0.2, 0.25) is 0 Å². The number of hydrogen-bond donors (Lipinski definition) is 1. The van der Waals surface area contributed by atoms with Crippen LogP contribution in [0.25, 0.3) is 0 Å². The van der Waals surface area contributed by atoms with Crippen LogP contribution in [-0.4, -0.2) is 29.6 Å². The molecule has 0 aromatic heterocycles. The Morgan fingerprint density at radius 1 is 1.27 bits per heavy atom. The molecule has 2 unspecified atom stereocenters. The molecule has 0 aromatic carbocycles. The van der Waals surface area contributed by atoms with Crippen molar-refractivity contribution in [2.45, 2.75) is 63.6 Å². The summed E-state index contributed by atoms with van der Waals surface area (Å²) < 4.78 is 0. The highest BCUT2D eigenvalue weighted by Gasteiger charge is 2.36. The van der Waals surface area contributed by atoms with Gasteiger partial charge in [0.1, 0.15) is 0 Å². The van der Waals surface area contributed by atoms with Gasteiger partial charge in [-0.25, -0.2) is 0 Å². The predicted molar refractivity (Wildman–Crippen MR) is 63.4 cm³/mol. The number of nitrogens with two attached hydrogens (primary N) is 1. The minimum atomic E-state index is 0.453. The van der Waals surface area contributed by atoms with Gasteiger partial charge in [-0.05, 0) is 32.6 Å². The fourth-order valence-electron chi connectivity index (χ4n) is 3.20. The van der Waals surface area contributed by atoms with Crippen LogP contribution in [0, 0.1) is 11.8 Å². The first-order chi connectivity index (χ1) is 7.31. The summed E-state index contributed by atoms with van der Waals surface area (Å²) in [6, 6.07) is 1.96. The van der Waals surface area contributed by atoms with Crippen molar-refractivity contribution in [3.05, 3.63) is 0 Å². The lowest BCUT2D eigenvalue weighted by Gasteiger charge is -2.48. The molecule has 2 fully saturated rings. The van der Waals surface area contributed by atoms with Crippen molar-refractivity contribution in [3.63, 3.8) is 0 Å². The van der Waals surface area contributed by atoms with E-state index in [1.54, 1.807) is 0 Å². The van der Waals surface area contributed by atoms with Gasteiger partial charge in [-0.3, -0.25) is 4.90 Å². The van der Waals surface area contributed by atoms with Crippen LogP contribution in [-0.2, 0) is 0 Å². The Kier molecular flexibility index (Phi) is 3.66. The van der Waals surface area contributed by atoms with Crippen molar-refractivity contribution < 1.29 is 0 Å². The summed E-state index contributed by atoms with van der Waals surface area (Å²) in [7, 11) is 0. The highest BCUT2D eigenvalue weighted by atomic mass is 15.2. The van der Waals surface area contributed by atoms with Gasteiger partial charge in [-0.15, -0.1) is 11.8 Å². The zero-order valence-corrected chi connectivity index (χ0v) is 9.71. The summed E-state index contributed by atoms with van der Waals surface area (Å²) in [6.45, 7) is 3.08. The topological polar surface area (TPSA) is 29.3 Å². The Morgan fingerprint density at radius 2 is 1.93 bits per heavy atom. The predicted octanol–water partition coefficient (Wildman–Crippen LogP) is 1.74. The first-order valence-corrected chi connectivity index (χ1v) is 6.22. The van der Waals surface area contributed by atoms with Crippen LogP contribution in [0.1, 0.15) is 45.4 Å². The lowest BCUT2D eigenvalue weighted by atomic mass is 9.82. The van der Waals surface area contributed by atoms with Crippen molar-refractivity contribution in [1.82, 2.24) is 4.90 Å². The van der Waals surface area contributed by atoms with E-state index >= 15 is 0 Å². The molecule has 2 saturated heterocycles. The molecule has 2 atom stereocenters. The van der Waals surface area contributed by atoms with Gasteiger partial charge in [0.25, 0.3) is 0 Å². The van der Waals surface area contributed by atoms with Gasteiger partial charge in [0.05, 0.1) is 0 Å². The van der Waals surface area contributed by atoms with Crippen LogP contribution >= 0.6 is 0 Å². The van der Waals surface area contributed by atoms with E-state index < -0.39 is 0 Å². The molecule has 15 heavy (non-hydrogen) atoms. The third-order valence-electron chi connectivity index (χ3n) is 3.83. The quantitative estimate of drug-likeness (QED) is 0.697. The van der Waals surface area contributed by atoms with Crippen molar-refractivity contribution in [2.75, 3.05) is 6.54 Å². The number of rotatable bonds is 2. The van der Waals surface area contributed by atoms with Crippen LogP contribution < -0.4 is 5.73 Å². The fourth-order valence-corrected chi connectivity index (χ4v) is 3.20. The van der Waals surface area contributed by atoms with Gasteiger partial charge >= 0.3 is 0 Å². The molecule has 2 heterocycles. The summed E-state index contributed by atoms with van der Waals surface area (Å²) in [6.07, 6.45) is 7.54. The molecule has 0 radical (unpaired) electrons. The maximum Gasteiger partial charge on any atom is 0.0217 e. The Hall–Kier alpha value is -0.520. The van der Waals surface area contributed by atoms with Crippen molar-refractivity contribution >= 4 is 0 Å². The van der Waals surface area contributed by atoms with Crippen LogP contribution in [0.5, 0.6) is 0 Å². The standard InChI is InChI=1S/C13H22N2/c1-2-3-4-8-15-12-6-5-7-13(15)10-11(14)9-12/h11-13H,4-10,14H2,1H3. The van der Waals surface area contributed by atoms with Gasteiger partial charge in [0.15, 0.2) is 0 Å². The van der Waals surface area contributed by atoms with Gasteiger partial charge in [-0.2, -0.15) is 0 Å². The molecule has 2 aliphatic heterocycles. The summed E-state index contributed by atoms with van der Waals surface area (Å²) >= 11 is 0. The summed E-state index contributed by atoms with van der Waals surface area (Å²) in [4.78, 5) is 2.68. The van der Waals surface area contributed by atoms with Crippen LogP contribution in [0.3, 0.4) is 0 Å². The molecule has 2 aliphatic rings. The van der Waals surface area contributed by atoms with E-state index in [-0.39, 0.29) is 0 Å². The SMILES string of the molecule is CC#CCCN1C2CCCC1CC(N)C2. The summed E-state index contributed by atoms with van der Waals surface area (Å²) in [5.74, 6) is 6.15. The molecule has 0 aromatic rings. The second-order valence-electron chi connectivity index (χ2n) is 4.88. The molecular formula is C13H22N2. The average molecular weight is 206 g/mol. The van der Waals surface area contributed by atoms with Crippen LogP contribution in [0.15, 0.2) is 0 Å². The highest BCUT2D eigenvalue weighted by Crippen LogP contribution is 2.33. The molecule has 2 bridgehead atoms. The number of fused-ring (bicyclic) bond motifs is 2. The van der Waals surface area contributed by atoms with E-state index in [0.717, 1.165) is 25.0 Å². The minimum Gasteiger partial charge on any atom is -0.328 e. The number of piperidine rings is 2. The monoisotopic (exact) mass is 206 g/mol. The lowest BCUT2D eigenvalue weighted by molar-refractivity contribution is 0.0337. The van der Waals surface area contributed by atoms with Gasteiger partial charge in [0.2, 0.25) is 0 Å². The second-order valence-corrected chi connectivity index (χ2v) is 4.88. The van der Waals surface area contributed by atoms with Crippen molar-refractivity contribution in [2.24, 2.45) is 5.73 Å². The third-order valence-corrected chi connectivity index (χ3v) is 3.83. The van der Waals surface area contributed by atoms with Gasteiger partial charge in [-0.1, -0.05) is 6.42 Å². The Labute approximate surface area is 93.2 Å². The van der Waals surface area contributed by atoms with Crippen LogP contribution in [0.4, 0.5) is 0 Å². The zero-order valence-electron chi connectivity index (χ0n) is 9.71. The summed E-state index contributed by atoms with van der Waals surface area (Å²) in [5, 5.41) is 0. The fraction of sp³-hybridized carbons (Fsp3) is 0.846. The van der Waals surface area contributed by atoms with Crippen molar-refractivity contribution in [1.29, 1.82) is 0 Å². The first kappa shape index (κ1) is 11.0. The zero-order chi connectivity index (χ0) is 10.7. The Balaban J connectivity index is 1.94. The molecule has 84 valence electrons. The van der Waals surface area contributed by atoms with E-state index in [2.05, 4.69) is 16.7 Å². The molecule has 0 amide bonds. The molecule has 2 N–H and O–H groups in total. The molecule has 2 rings (SSSR count).